The molecule has 0 bridgehead atoms. The Hall–Kier alpha value is -1.35. The maximum atomic E-state index is 5.67. The van der Waals surface area contributed by atoms with Crippen LogP contribution in [0.25, 0.3) is 0 Å². The number of benzene rings is 1. The molecule has 1 heterocycles. The average molecular weight is 233 g/mol. The van der Waals surface area contributed by atoms with Crippen molar-refractivity contribution in [1.82, 2.24) is 0 Å². The first kappa shape index (κ1) is 11.1. The minimum absolute atomic E-state index is 0.400. The molecule has 0 amide bonds. The third kappa shape index (κ3) is 2.42. The van der Waals surface area contributed by atoms with Crippen molar-refractivity contribution in [3.8, 4) is 0 Å². The second kappa shape index (κ2) is 4.66. The van der Waals surface area contributed by atoms with E-state index in [0.29, 0.717) is 5.25 Å². The number of thioether (sulfide) groups is 1. The molecule has 0 radical (unpaired) electrons. The summed E-state index contributed by atoms with van der Waals surface area (Å²) < 4.78 is 5.28. The molecule has 1 atom stereocenters. The van der Waals surface area contributed by atoms with Crippen LogP contribution in [0.3, 0.4) is 0 Å². The van der Waals surface area contributed by atoms with E-state index in [2.05, 4.69) is 19.1 Å². The van der Waals surface area contributed by atoms with Crippen LogP contribution in [0.4, 0.5) is 5.69 Å². The molecule has 1 unspecified atom stereocenters. The van der Waals surface area contributed by atoms with E-state index in [1.54, 1.807) is 18.0 Å². The topological polar surface area (TPSA) is 39.2 Å². The molecule has 3 heteroatoms. The average Bonchev–Trinajstić information content (AvgIpc) is 2.65. The maximum Gasteiger partial charge on any atom is 0.114 e. The lowest BCUT2D eigenvalue weighted by molar-refractivity contribution is 0.527. The molecule has 0 aliphatic heterocycles. The van der Waals surface area contributed by atoms with E-state index in [9.17, 15) is 0 Å². The highest BCUT2D eigenvalue weighted by Gasteiger charge is 2.10. The molecule has 2 N–H and O–H groups in total. The fourth-order valence-corrected chi connectivity index (χ4v) is 2.54. The second-order valence-corrected chi connectivity index (χ2v) is 5.15. The summed E-state index contributed by atoms with van der Waals surface area (Å²) in [5.41, 5.74) is 7.75. The minimum atomic E-state index is 0.400. The summed E-state index contributed by atoms with van der Waals surface area (Å²) in [5, 5.41) is 0.400. The van der Waals surface area contributed by atoms with E-state index in [4.69, 9.17) is 10.2 Å². The number of aryl methyl sites for hydroxylation is 1. The van der Waals surface area contributed by atoms with Gasteiger partial charge in [-0.1, -0.05) is 12.1 Å². The number of nitrogens with two attached hydrogens (primary N) is 1. The van der Waals surface area contributed by atoms with Crippen LogP contribution in [0, 0.1) is 6.92 Å². The third-order valence-electron chi connectivity index (χ3n) is 2.52. The second-order valence-electron chi connectivity index (χ2n) is 3.77. The lowest BCUT2D eigenvalue weighted by Crippen LogP contribution is -1.90. The Morgan fingerprint density at radius 2 is 1.88 bits per heavy atom. The molecule has 2 nitrogen and oxygen atoms in total. The van der Waals surface area contributed by atoms with Crippen LogP contribution in [0.5, 0.6) is 0 Å². The lowest BCUT2D eigenvalue weighted by atomic mass is 10.1. The highest BCUT2D eigenvalue weighted by Crippen LogP contribution is 2.36. The van der Waals surface area contributed by atoms with E-state index in [-0.39, 0.29) is 0 Å². The van der Waals surface area contributed by atoms with Gasteiger partial charge in [-0.2, -0.15) is 0 Å². The maximum absolute atomic E-state index is 5.67. The quantitative estimate of drug-likeness (QED) is 0.642. The van der Waals surface area contributed by atoms with Crippen LogP contribution in [0.1, 0.15) is 23.5 Å². The van der Waals surface area contributed by atoms with Gasteiger partial charge in [0, 0.05) is 15.8 Å². The summed E-state index contributed by atoms with van der Waals surface area (Å²) in [7, 11) is 0. The van der Waals surface area contributed by atoms with Gasteiger partial charge in [-0.15, -0.1) is 11.8 Å². The normalized spacial score (nSPS) is 12.6. The first-order valence-electron chi connectivity index (χ1n) is 5.23. The molecule has 84 valence electrons. The zero-order valence-electron chi connectivity index (χ0n) is 9.44. The zero-order chi connectivity index (χ0) is 11.5. The fraction of sp³-hybridized carbons (Fsp3) is 0.231. The summed E-state index contributed by atoms with van der Waals surface area (Å²) in [6.45, 7) is 4.17. The van der Waals surface area contributed by atoms with E-state index >= 15 is 0 Å². The van der Waals surface area contributed by atoms with Crippen LogP contribution >= 0.6 is 11.8 Å². The Kier molecular flexibility index (Phi) is 3.25. The number of nitrogen functional groups attached to an aromatic ring is 1. The van der Waals surface area contributed by atoms with Gasteiger partial charge < -0.3 is 10.2 Å². The van der Waals surface area contributed by atoms with Crippen molar-refractivity contribution >= 4 is 17.4 Å². The number of hydrogen-bond donors (Lipinski definition) is 1. The molecule has 2 aromatic rings. The molecular weight excluding hydrogens is 218 g/mol. The number of anilines is 1. The van der Waals surface area contributed by atoms with Gasteiger partial charge in [0.1, 0.15) is 5.76 Å². The summed E-state index contributed by atoms with van der Waals surface area (Å²) in [6, 6.07) is 10.0. The first-order chi connectivity index (χ1) is 7.66. The molecule has 0 fully saturated rings. The molecule has 0 spiro atoms. The van der Waals surface area contributed by atoms with E-state index in [1.165, 1.54) is 10.5 Å². The van der Waals surface area contributed by atoms with E-state index < -0.39 is 0 Å². The van der Waals surface area contributed by atoms with Gasteiger partial charge in [0.2, 0.25) is 0 Å². The summed E-state index contributed by atoms with van der Waals surface area (Å²) in [5.74, 6) is 0.979. The molecule has 0 aliphatic carbocycles. The number of rotatable bonds is 3. The van der Waals surface area contributed by atoms with Gasteiger partial charge in [0.25, 0.3) is 0 Å². The van der Waals surface area contributed by atoms with Crippen molar-refractivity contribution in [3.05, 3.63) is 47.9 Å². The van der Waals surface area contributed by atoms with Crippen LogP contribution in [0.15, 0.2) is 45.9 Å². The van der Waals surface area contributed by atoms with Crippen LogP contribution in [0.2, 0.25) is 0 Å². The van der Waals surface area contributed by atoms with Gasteiger partial charge in [0.05, 0.1) is 6.26 Å². The molecule has 16 heavy (non-hydrogen) atoms. The third-order valence-corrected chi connectivity index (χ3v) is 3.82. The van der Waals surface area contributed by atoms with Crippen LogP contribution in [-0.2, 0) is 0 Å². The Labute approximate surface area is 99.8 Å². The Bertz CT molecular complexity index is 461. The van der Waals surface area contributed by atoms with Crippen molar-refractivity contribution in [2.24, 2.45) is 0 Å². The van der Waals surface area contributed by atoms with E-state index in [0.717, 1.165) is 11.4 Å². The van der Waals surface area contributed by atoms with Crippen molar-refractivity contribution in [3.63, 3.8) is 0 Å². The fourth-order valence-electron chi connectivity index (χ4n) is 1.52. The summed E-state index contributed by atoms with van der Waals surface area (Å²) in [6.07, 6.45) is 1.73. The van der Waals surface area contributed by atoms with Crippen molar-refractivity contribution < 1.29 is 4.42 Å². The molecule has 2 rings (SSSR count). The van der Waals surface area contributed by atoms with Gasteiger partial charge in [-0.05, 0) is 37.6 Å². The van der Waals surface area contributed by atoms with Gasteiger partial charge in [-0.3, -0.25) is 0 Å². The van der Waals surface area contributed by atoms with E-state index in [1.807, 2.05) is 25.1 Å². The Morgan fingerprint density at radius 1 is 1.19 bits per heavy atom. The first-order valence-corrected chi connectivity index (χ1v) is 6.11. The van der Waals surface area contributed by atoms with Crippen molar-refractivity contribution in [1.29, 1.82) is 0 Å². The van der Waals surface area contributed by atoms with Gasteiger partial charge in [-0.25, -0.2) is 0 Å². The summed E-state index contributed by atoms with van der Waals surface area (Å²) >= 11 is 1.80. The van der Waals surface area contributed by atoms with Crippen LogP contribution in [-0.4, -0.2) is 0 Å². The SMILES string of the molecule is Cc1occc1SC(C)c1ccc(N)cc1. The predicted octanol–water partition coefficient (Wildman–Crippen LogP) is 4.02. The molecule has 1 aromatic heterocycles. The van der Waals surface area contributed by atoms with Crippen LogP contribution < -0.4 is 5.73 Å². The minimum Gasteiger partial charge on any atom is -0.468 e. The summed E-state index contributed by atoms with van der Waals surface area (Å²) in [4.78, 5) is 1.20. The number of hydrogen-bond acceptors (Lipinski definition) is 3. The Morgan fingerprint density at radius 3 is 2.44 bits per heavy atom. The lowest BCUT2D eigenvalue weighted by Gasteiger charge is -2.10. The van der Waals surface area contributed by atoms with Crippen molar-refractivity contribution in [2.75, 3.05) is 5.73 Å². The largest absolute Gasteiger partial charge is 0.468 e. The Balaban J connectivity index is 2.11. The molecule has 1 aromatic carbocycles. The number of furan rings is 1. The highest BCUT2D eigenvalue weighted by atomic mass is 32.2. The monoisotopic (exact) mass is 233 g/mol. The predicted molar refractivity (Wildman–Crippen MR) is 68.6 cm³/mol. The van der Waals surface area contributed by atoms with Crippen molar-refractivity contribution in [2.45, 2.75) is 24.0 Å². The highest BCUT2D eigenvalue weighted by molar-refractivity contribution is 7.99. The molecular formula is C13H15NOS. The zero-order valence-corrected chi connectivity index (χ0v) is 10.3. The standard InChI is InChI=1S/C13H15NOS/c1-9-13(7-8-15-9)16-10(2)11-3-5-12(14)6-4-11/h3-8,10H,14H2,1-2H3. The van der Waals surface area contributed by atoms with Gasteiger partial charge >= 0.3 is 0 Å². The molecule has 0 saturated heterocycles. The molecule has 0 saturated carbocycles. The van der Waals surface area contributed by atoms with Gasteiger partial charge in [0.15, 0.2) is 0 Å². The smallest absolute Gasteiger partial charge is 0.114 e. The molecule has 0 aliphatic rings.